The minimum absolute atomic E-state index is 0.149. The normalized spacial score (nSPS) is 11.1. The van der Waals surface area contributed by atoms with Gasteiger partial charge in [-0.15, -0.1) is 0 Å². The van der Waals surface area contributed by atoms with E-state index in [1.165, 1.54) is 0 Å². The third-order valence-electron chi connectivity index (χ3n) is 5.35. The van der Waals surface area contributed by atoms with Crippen molar-refractivity contribution in [3.8, 4) is 22.5 Å². The molecule has 0 radical (unpaired) electrons. The highest BCUT2D eigenvalue weighted by Gasteiger charge is 2.17. The molecule has 0 unspecified atom stereocenters. The molecule has 0 aliphatic heterocycles. The zero-order valence-corrected chi connectivity index (χ0v) is 21.0. The molecule has 1 amide bonds. The molecule has 1 heterocycles. The highest BCUT2D eigenvalue weighted by molar-refractivity contribution is 7.72. The summed E-state index contributed by atoms with van der Waals surface area (Å²) >= 11 is 0. The average Bonchev–Trinajstić information content (AvgIpc) is 2.87. The number of ether oxygens (including phenoxy) is 1. The summed E-state index contributed by atoms with van der Waals surface area (Å²) in [5.74, 6) is 0.0106. The van der Waals surface area contributed by atoms with Gasteiger partial charge in [-0.2, -0.15) is 0 Å². The quantitative estimate of drug-likeness (QED) is 0.276. The maximum atomic E-state index is 11.5. The van der Waals surface area contributed by atoms with Crippen molar-refractivity contribution in [2.75, 3.05) is 30.5 Å². The van der Waals surface area contributed by atoms with E-state index >= 15 is 0 Å². The molecule has 8 nitrogen and oxygen atoms in total. The number of carbonyl (C=O) groups excluding carboxylic acids is 1. The van der Waals surface area contributed by atoms with Crippen molar-refractivity contribution in [3.05, 3.63) is 66.9 Å². The predicted molar refractivity (Wildman–Crippen MR) is 139 cm³/mol. The molecular formula is C26H32N4O4S. The molecule has 0 fully saturated rings. The third kappa shape index (κ3) is 8.15. The van der Waals surface area contributed by atoms with Gasteiger partial charge in [0.2, 0.25) is 5.91 Å². The van der Waals surface area contributed by atoms with Crippen LogP contribution in [0.3, 0.4) is 0 Å². The van der Waals surface area contributed by atoms with Crippen molar-refractivity contribution in [2.45, 2.75) is 32.7 Å². The Balaban J connectivity index is 1.66. The van der Waals surface area contributed by atoms with Crippen molar-refractivity contribution in [2.24, 2.45) is 0 Å². The van der Waals surface area contributed by atoms with Crippen LogP contribution in [-0.2, 0) is 20.2 Å². The standard InChI is InChI=1S/C26H32N4O4S/c1-20(2)30(15-9-10-16-34-18-24(31)28-19-35(32)33)23-17-27-25(21-11-5-3-6-12-21)26(29-23)22-13-7-4-8-14-22/h3-8,11-14,17,20,35H,9-10,15-16,18-19H2,1-2H3,(H,28,31). The maximum Gasteiger partial charge on any atom is 0.246 e. The Hall–Kier alpha value is -3.30. The summed E-state index contributed by atoms with van der Waals surface area (Å²) in [5, 5.41) is 2.28. The number of nitrogens with zero attached hydrogens (tertiary/aromatic N) is 3. The average molecular weight is 497 g/mol. The SMILES string of the molecule is CC(C)N(CCCCOCC(=O)NC[SH](=O)=O)c1cnc(-c2ccccc2)c(-c2ccccc2)n1. The van der Waals surface area contributed by atoms with E-state index in [9.17, 15) is 13.2 Å². The lowest BCUT2D eigenvalue weighted by Crippen LogP contribution is -2.33. The first-order valence-electron chi connectivity index (χ1n) is 11.7. The zero-order valence-electron chi connectivity index (χ0n) is 20.1. The van der Waals surface area contributed by atoms with Crippen LogP contribution < -0.4 is 10.2 Å². The lowest BCUT2D eigenvalue weighted by atomic mass is 10.0. The molecule has 186 valence electrons. The number of benzene rings is 2. The molecular weight excluding hydrogens is 464 g/mol. The summed E-state index contributed by atoms with van der Waals surface area (Å²) in [4.78, 5) is 23.6. The molecule has 3 rings (SSSR count). The van der Waals surface area contributed by atoms with Gasteiger partial charge < -0.3 is 15.0 Å². The molecule has 0 aliphatic carbocycles. The van der Waals surface area contributed by atoms with E-state index in [2.05, 4.69) is 24.1 Å². The van der Waals surface area contributed by atoms with Crippen molar-refractivity contribution in [1.29, 1.82) is 0 Å². The number of rotatable bonds is 13. The number of nitrogens with one attached hydrogen (secondary N) is 1. The first-order valence-corrected chi connectivity index (χ1v) is 13.0. The fourth-order valence-electron chi connectivity index (χ4n) is 3.61. The van der Waals surface area contributed by atoms with E-state index < -0.39 is 16.6 Å². The van der Waals surface area contributed by atoms with Crippen LogP contribution in [0.2, 0.25) is 0 Å². The van der Waals surface area contributed by atoms with Gasteiger partial charge in [0.05, 0.1) is 17.6 Å². The highest BCUT2D eigenvalue weighted by atomic mass is 32.2. The second kappa shape index (κ2) is 13.6. The largest absolute Gasteiger partial charge is 0.372 e. The number of amides is 1. The van der Waals surface area contributed by atoms with Crippen molar-refractivity contribution < 1.29 is 17.9 Å². The number of aromatic nitrogens is 2. The molecule has 0 saturated carbocycles. The van der Waals surface area contributed by atoms with Gasteiger partial charge in [0.15, 0.2) is 10.7 Å². The second-order valence-electron chi connectivity index (χ2n) is 8.30. The lowest BCUT2D eigenvalue weighted by Gasteiger charge is -2.28. The van der Waals surface area contributed by atoms with Crippen molar-refractivity contribution >= 4 is 22.4 Å². The Morgan fingerprint density at radius 1 is 0.971 bits per heavy atom. The van der Waals surface area contributed by atoms with Crippen LogP contribution >= 0.6 is 0 Å². The minimum atomic E-state index is -2.63. The van der Waals surface area contributed by atoms with Gasteiger partial charge in [-0.1, -0.05) is 60.7 Å². The van der Waals surface area contributed by atoms with Gasteiger partial charge in [-0.3, -0.25) is 9.78 Å². The first-order chi connectivity index (χ1) is 17.0. The Labute approximate surface area is 208 Å². The number of hydrogen-bond acceptors (Lipinski definition) is 7. The van der Waals surface area contributed by atoms with Gasteiger partial charge in [0.25, 0.3) is 0 Å². The van der Waals surface area contributed by atoms with Gasteiger partial charge in [0, 0.05) is 30.3 Å². The van der Waals surface area contributed by atoms with Crippen LogP contribution in [0.5, 0.6) is 0 Å². The van der Waals surface area contributed by atoms with E-state index in [0.717, 1.165) is 47.7 Å². The summed E-state index contributed by atoms with van der Waals surface area (Å²) in [5.41, 5.74) is 3.72. The first kappa shape index (κ1) is 26.3. The Bertz CT molecular complexity index is 1150. The number of unbranched alkanes of at least 4 members (excludes halogenated alkanes) is 1. The lowest BCUT2D eigenvalue weighted by molar-refractivity contribution is -0.125. The number of anilines is 1. The summed E-state index contributed by atoms with van der Waals surface area (Å²) in [6, 6.07) is 20.4. The van der Waals surface area contributed by atoms with Crippen molar-refractivity contribution in [3.63, 3.8) is 0 Å². The zero-order chi connectivity index (χ0) is 25.0. The van der Waals surface area contributed by atoms with Crippen LogP contribution in [-0.4, -0.2) is 56.0 Å². The van der Waals surface area contributed by atoms with Crippen LogP contribution in [0.25, 0.3) is 22.5 Å². The summed E-state index contributed by atoms with van der Waals surface area (Å²) < 4.78 is 26.4. The molecule has 0 bridgehead atoms. The van der Waals surface area contributed by atoms with E-state index in [4.69, 9.17) is 14.7 Å². The summed E-state index contributed by atoms with van der Waals surface area (Å²) in [7, 11) is -2.63. The van der Waals surface area contributed by atoms with Gasteiger partial charge in [-0.05, 0) is 26.7 Å². The fourth-order valence-corrected chi connectivity index (χ4v) is 3.92. The van der Waals surface area contributed by atoms with Crippen LogP contribution in [0, 0.1) is 0 Å². The van der Waals surface area contributed by atoms with Gasteiger partial charge >= 0.3 is 0 Å². The fraction of sp³-hybridized carbons (Fsp3) is 0.346. The van der Waals surface area contributed by atoms with Crippen LogP contribution in [0.4, 0.5) is 5.82 Å². The van der Waals surface area contributed by atoms with Crippen molar-refractivity contribution in [1.82, 2.24) is 15.3 Å². The minimum Gasteiger partial charge on any atom is -0.372 e. The molecule has 0 spiro atoms. The number of thiol groups is 1. The van der Waals surface area contributed by atoms with E-state index in [1.807, 2.05) is 66.9 Å². The number of hydrogen-bond donors (Lipinski definition) is 2. The topological polar surface area (TPSA) is 101 Å². The molecule has 1 N–H and O–H groups in total. The summed E-state index contributed by atoms with van der Waals surface area (Å²) in [6.45, 7) is 5.27. The Morgan fingerprint density at radius 3 is 2.20 bits per heavy atom. The third-order valence-corrected chi connectivity index (χ3v) is 5.76. The molecule has 0 aliphatic rings. The highest BCUT2D eigenvalue weighted by Crippen LogP contribution is 2.30. The van der Waals surface area contributed by atoms with E-state index in [0.29, 0.717) is 6.61 Å². The molecule has 2 aromatic carbocycles. The molecule has 35 heavy (non-hydrogen) atoms. The maximum absolute atomic E-state index is 11.5. The number of carbonyl (C=O) groups is 1. The van der Waals surface area contributed by atoms with Crippen LogP contribution in [0.1, 0.15) is 26.7 Å². The molecule has 9 heteroatoms. The van der Waals surface area contributed by atoms with Gasteiger partial charge in [0.1, 0.15) is 18.3 Å². The molecule has 3 aromatic rings. The molecule has 0 atom stereocenters. The Morgan fingerprint density at radius 2 is 1.60 bits per heavy atom. The van der Waals surface area contributed by atoms with Crippen LogP contribution in [0.15, 0.2) is 66.9 Å². The van der Waals surface area contributed by atoms with E-state index in [1.54, 1.807) is 0 Å². The molecule has 1 aromatic heterocycles. The smallest absolute Gasteiger partial charge is 0.246 e. The van der Waals surface area contributed by atoms with Gasteiger partial charge in [-0.25, -0.2) is 13.4 Å². The molecule has 0 saturated heterocycles. The predicted octanol–water partition coefficient (Wildman–Crippen LogP) is 3.51. The Kier molecular flexibility index (Phi) is 10.2. The second-order valence-corrected chi connectivity index (χ2v) is 9.28. The van der Waals surface area contributed by atoms with E-state index in [-0.39, 0.29) is 18.5 Å². The monoisotopic (exact) mass is 496 g/mol. The summed E-state index contributed by atoms with van der Waals surface area (Å²) in [6.07, 6.45) is 3.43.